The van der Waals surface area contributed by atoms with Crippen molar-refractivity contribution in [1.82, 2.24) is 5.32 Å². The predicted octanol–water partition coefficient (Wildman–Crippen LogP) is 16.9. The second-order valence-corrected chi connectivity index (χ2v) is 19.1. The lowest BCUT2D eigenvalue weighted by Gasteiger charge is -2.21. The van der Waals surface area contributed by atoms with Crippen LogP contribution in [0.2, 0.25) is 0 Å². The van der Waals surface area contributed by atoms with Crippen molar-refractivity contribution in [3.05, 3.63) is 24.3 Å². The summed E-state index contributed by atoms with van der Waals surface area (Å²) in [6.45, 7) is 4.20. The summed E-state index contributed by atoms with van der Waals surface area (Å²) in [4.78, 5) is 12.5. The van der Waals surface area contributed by atoms with Crippen LogP contribution in [0.3, 0.4) is 0 Å². The lowest BCUT2D eigenvalue weighted by Crippen LogP contribution is -2.48. The number of hydrogen-bond donors (Lipinski definition) is 4. The largest absolute Gasteiger partial charge is 0.394 e. The van der Waals surface area contributed by atoms with Gasteiger partial charge in [0.15, 0.2) is 0 Å². The summed E-state index contributed by atoms with van der Waals surface area (Å²) in [6, 6.07) is -0.795. The fraction of sp³-hybridized carbons (Fsp3) is 0.911. The van der Waals surface area contributed by atoms with Gasteiger partial charge in [-0.3, -0.25) is 4.79 Å². The summed E-state index contributed by atoms with van der Waals surface area (Å²) >= 11 is 0. The van der Waals surface area contributed by atoms with Gasteiger partial charge in [0, 0.05) is 0 Å². The number of aliphatic hydroxyl groups is 3. The highest BCUT2D eigenvalue weighted by Crippen LogP contribution is 2.17. The summed E-state index contributed by atoms with van der Waals surface area (Å²) in [5, 5.41) is 33.2. The predicted molar refractivity (Wildman–Crippen MR) is 268 cm³/mol. The topological polar surface area (TPSA) is 89.8 Å². The van der Waals surface area contributed by atoms with Crippen LogP contribution >= 0.6 is 0 Å². The highest BCUT2D eigenvalue weighted by Gasteiger charge is 2.22. The number of rotatable bonds is 51. The summed E-state index contributed by atoms with van der Waals surface area (Å²) in [6.07, 6.45) is 65.5. The molecule has 0 aliphatic heterocycles. The average molecular weight is 860 g/mol. The minimum Gasteiger partial charge on any atom is -0.394 e. The van der Waals surface area contributed by atoms with Gasteiger partial charge >= 0.3 is 0 Å². The molecule has 0 fully saturated rings. The van der Waals surface area contributed by atoms with Gasteiger partial charge in [-0.2, -0.15) is 0 Å². The first-order valence-electron chi connectivity index (χ1n) is 27.7. The van der Waals surface area contributed by atoms with Gasteiger partial charge in [-0.1, -0.05) is 282 Å². The minimum atomic E-state index is -1.10. The third-order valence-electron chi connectivity index (χ3n) is 13.0. The molecule has 0 saturated carbocycles. The van der Waals surface area contributed by atoms with E-state index in [2.05, 4.69) is 31.3 Å². The van der Waals surface area contributed by atoms with E-state index in [4.69, 9.17) is 0 Å². The summed E-state index contributed by atoms with van der Waals surface area (Å²) in [5.74, 6) is -0.499. The molecule has 3 unspecified atom stereocenters. The number of amides is 1. The molecule has 0 spiro atoms. The molecule has 0 aliphatic carbocycles. The molecular formula is C56H109NO4. The van der Waals surface area contributed by atoms with E-state index >= 15 is 0 Å². The molecule has 0 radical (unpaired) electrons. The van der Waals surface area contributed by atoms with Gasteiger partial charge in [0.2, 0.25) is 5.91 Å². The molecule has 0 heterocycles. The van der Waals surface area contributed by atoms with Crippen LogP contribution in [0.25, 0.3) is 0 Å². The van der Waals surface area contributed by atoms with Crippen molar-refractivity contribution in [2.45, 2.75) is 321 Å². The Morgan fingerprint density at radius 1 is 0.393 bits per heavy atom. The normalized spacial score (nSPS) is 13.5. The SMILES string of the molecule is CCCCCCCCCCCCC/C=C/C(O)C(CO)NC(=O)C(O)CCCCCCCCCCCCCCCCCC/C=C\CCCCCCCCCCCCCCCC. The summed E-state index contributed by atoms with van der Waals surface area (Å²) in [7, 11) is 0. The number of nitrogens with one attached hydrogen (secondary N) is 1. The van der Waals surface area contributed by atoms with E-state index in [9.17, 15) is 20.1 Å². The van der Waals surface area contributed by atoms with Crippen molar-refractivity contribution in [3.8, 4) is 0 Å². The van der Waals surface area contributed by atoms with E-state index in [1.54, 1.807) is 6.08 Å². The Hall–Kier alpha value is -1.17. The van der Waals surface area contributed by atoms with Crippen molar-refractivity contribution < 1.29 is 20.1 Å². The van der Waals surface area contributed by atoms with Crippen LogP contribution < -0.4 is 5.32 Å². The van der Waals surface area contributed by atoms with Crippen LogP contribution in [0.5, 0.6) is 0 Å². The van der Waals surface area contributed by atoms with E-state index in [1.165, 1.54) is 250 Å². The van der Waals surface area contributed by atoms with E-state index < -0.39 is 24.2 Å². The molecule has 362 valence electrons. The van der Waals surface area contributed by atoms with E-state index in [-0.39, 0.29) is 6.61 Å². The van der Waals surface area contributed by atoms with Crippen molar-refractivity contribution in [3.63, 3.8) is 0 Å². The van der Waals surface area contributed by atoms with E-state index in [0.717, 1.165) is 32.1 Å². The first-order valence-corrected chi connectivity index (χ1v) is 27.7. The average Bonchev–Trinajstić information content (AvgIpc) is 3.26. The monoisotopic (exact) mass is 860 g/mol. The molecule has 5 heteroatoms. The lowest BCUT2D eigenvalue weighted by atomic mass is 10.0. The molecule has 5 nitrogen and oxygen atoms in total. The van der Waals surface area contributed by atoms with Crippen molar-refractivity contribution in [2.24, 2.45) is 0 Å². The smallest absolute Gasteiger partial charge is 0.249 e. The van der Waals surface area contributed by atoms with Crippen LogP contribution in [0.15, 0.2) is 24.3 Å². The van der Waals surface area contributed by atoms with Gasteiger partial charge < -0.3 is 20.6 Å². The molecule has 0 aromatic carbocycles. The lowest BCUT2D eigenvalue weighted by molar-refractivity contribution is -0.131. The summed E-state index contributed by atoms with van der Waals surface area (Å²) < 4.78 is 0. The van der Waals surface area contributed by atoms with E-state index in [1.807, 2.05) is 6.08 Å². The molecule has 0 aliphatic rings. The Bertz CT molecular complexity index is 905. The van der Waals surface area contributed by atoms with Gasteiger partial charge in [-0.25, -0.2) is 0 Å². The van der Waals surface area contributed by atoms with Crippen molar-refractivity contribution >= 4 is 5.91 Å². The first-order chi connectivity index (χ1) is 30.1. The Kier molecular flexibility index (Phi) is 50.5. The number of carbonyl (C=O) groups excluding carboxylic acids is 1. The second kappa shape index (κ2) is 51.5. The highest BCUT2D eigenvalue weighted by atomic mass is 16.3. The van der Waals surface area contributed by atoms with Gasteiger partial charge in [-0.05, 0) is 44.9 Å². The van der Waals surface area contributed by atoms with Crippen molar-refractivity contribution in [2.75, 3.05) is 6.61 Å². The number of allylic oxidation sites excluding steroid dienone is 3. The Balaban J connectivity index is 3.48. The number of carbonyl (C=O) groups is 1. The van der Waals surface area contributed by atoms with Crippen LogP contribution in [0, 0.1) is 0 Å². The zero-order valence-corrected chi connectivity index (χ0v) is 41.3. The maximum Gasteiger partial charge on any atom is 0.249 e. The van der Waals surface area contributed by atoms with Crippen LogP contribution in [-0.2, 0) is 4.79 Å². The maximum absolute atomic E-state index is 12.5. The molecule has 3 atom stereocenters. The van der Waals surface area contributed by atoms with Gasteiger partial charge in [0.25, 0.3) is 0 Å². The minimum absolute atomic E-state index is 0.361. The van der Waals surface area contributed by atoms with Crippen LogP contribution in [-0.4, -0.2) is 46.1 Å². The Morgan fingerprint density at radius 3 is 0.951 bits per heavy atom. The molecule has 0 aromatic heterocycles. The molecule has 0 aromatic rings. The zero-order valence-electron chi connectivity index (χ0n) is 41.3. The maximum atomic E-state index is 12.5. The molecule has 0 bridgehead atoms. The third-order valence-corrected chi connectivity index (χ3v) is 13.0. The molecular weight excluding hydrogens is 751 g/mol. The van der Waals surface area contributed by atoms with Gasteiger partial charge in [-0.15, -0.1) is 0 Å². The number of hydrogen-bond acceptors (Lipinski definition) is 4. The fourth-order valence-corrected chi connectivity index (χ4v) is 8.71. The molecule has 1 amide bonds. The quantitative estimate of drug-likeness (QED) is 0.0362. The number of aliphatic hydroxyl groups excluding tert-OH is 3. The molecule has 0 saturated heterocycles. The zero-order chi connectivity index (χ0) is 44.4. The standard InChI is InChI=1S/C56H109NO4/c1-3-5-7-9-11-13-15-17-18-19-20-21-22-23-24-25-26-27-28-29-30-31-32-33-34-35-36-37-39-41-43-45-47-49-51-55(60)56(61)57-53(52-58)54(59)50-48-46-44-42-40-38-16-14-12-10-8-6-4-2/h25-26,48,50,53-55,58-60H,3-24,27-47,49,51-52H2,1-2H3,(H,57,61)/b26-25-,50-48+. The molecule has 0 rings (SSSR count). The van der Waals surface area contributed by atoms with Gasteiger partial charge in [0.05, 0.1) is 18.8 Å². The highest BCUT2D eigenvalue weighted by molar-refractivity contribution is 5.80. The van der Waals surface area contributed by atoms with Crippen LogP contribution in [0.1, 0.15) is 303 Å². The Labute approximate surface area is 382 Å². The van der Waals surface area contributed by atoms with Crippen molar-refractivity contribution in [1.29, 1.82) is 0 Å². The van der Waals surface area contributed by atoms with Gasteiger partial charge in [0.1, 0.15) is 6.10 Å². The second-order valence-electron chi connectivity index (χ2n) is 19.1. The fourth-order valence-electron chi connectivity index (χ4n) is 8.71. The van der Waals surface area contributed by atoms with Crippen LogP contribution in [0.4, 0.5) is 0 Å². The molecule has 61 heavy (non-hydrogen) atoms. The third kappa shape index (κ3) is 46.6. The molecule has 4 N–H and O–H groups in total. The van der Waals surface area contributed by atoms with E-state index in [0.29, 0.717) is 6.42 Å². The summed E-state index contributed by atoms with van der Waals surface area (Å²) in [5.41, 5.74) is 0. The first kappa shape index (κ1) is 59.8. The number of unbranched alkanes of at least 4 members (excludes halogenated alkanes) is 41. The Morgan fingerprint density at radius 2 is 0.656 bits per heavy atom.